The van der Waals surface area contributed by atoms with Crippen molar-refractivity contribution in [3.63, 3.8) is 0 Å². The summed E-state index contributed by atoms with van der Waals surface area (Å²) in [5.41, 5.74) is 3.31. The Labute approximate surface area is 139 Å². The van der Waals surface area contributed by atoms with Crippen molar-refractivity contribution in [2.75, 3.05) is 38.0 Å². The van der Waals surface area contributed by atoms with Crippen LogP contribution in [0.25, 0.3) is 0 Å². The zero-order valence-corrected chi connectivity index (χ0v) is 14.2. The lowest BCUT2D eigenvalue weighted by Gasteiger charge is -2.33. The first kappa shape index (κ1) is 17.3. The molecule has 4 nitrogen and oxygen atoms in total. The van der Waals surface area contributed by atoms with Gasteiger partial charge in [0.25, 0.3) is 0 Å². The molecule has 0 spiro atoms. The van der Waals surface area contributed by atoms with Crippen LogP contribution >= 0.6 is 12.4 Å². The molecule has 1 aromatic rings. The highest BCUT2D eigenvalue weighted by atomic mass is 35.5. The van der Waals surface area contributed by atoms with Gasteiger partial charge in [0.1, 0.15) is 0 Å². The van der Waals surface area contributed by atoms with E-state index in [0.717, 1.165) is 49.3 Å². The summed E-state index contributed by atoms with van der Waals surface area (Å²) in [6.45, 7) is 9.01. The van der Waals surface area contributed by atoms with Crippen LogP contribution in [0, 0.1) is 25.7 Å². The summed E-state index contributed by atoms with van der Waals surface area (Å²) in [5, 5.41) is 6.53. The molecule has 0 aromatic heterocycles. The molecule has 2 N–H and O–H groups in total. The second-order valence-electron chi connectivity index (χ2n) is 6.50. The Morgan fingerprint density at radius 1 is 1.32 bits per heavy atom. The molecule has 3 rings (SSSR count). The maximum absolute atomic E-state index is 12.3. The fourth-order valence-corrected chi connectivity index (χ4v) is 3.53. The normalized spacial score (nSPS) is 24.5. The number of fused-ring (bicyclic) bond motifs is 1. The number of carbonyl (C=O) groups excluding carboxylic acids is 1. The number of hydrogen-bond acceptors (Lipinski definition) is 3. The van der Waals surface area contributed by atoms with Crippen LogP contribution in [0.3, 0.4) is 0 Å². The Morgan fingerprint density at radius 3 is 2.91 bits per heavy atom. The van der Waals surface area contributed by atoms with Crippen LogP contribution in [0.4, 0.5) is 5.69 Å². The molecule has 0 saturated carbocycles. The van der Waals surface area contributed by atoms with Crippen molar-refractivity contribution >= 4 is 24.0 Å². The molecule has 0 radical (unpaired) electrons. The van der Waals surface area contributed by atoms with Crippen molar-refractivity contribution in [2.45, 2.75) is 20.3 Å². The SMILES string of the molecule is Cc1cccc(NC(=O)CN2CCC3CNCC3C2)c1C.Cl. The van der Waals surface area contributed by atoms with Gasteiger partial charge in [-0.15, -0.1) is 12.4 Å². The van der Waals surface area contributed by atoms with Crippen molar-refractivity contribution in [1.82, 2.24) is 10.2 Å². The number of benzene rings is 1. The molecule has 2 aliphatic rings. The first-order valence-electron chi connectivity index (χ1n) is 7.92. The lowest BCUT2D eigenvalue weighted by molar-refractivity contribution is -0.117. The molecule has 1 aromatic carbocycles. The summed E-state index contributed by atoms with van der Waals surface area (Å²) >= 11 is 0. The molecule has 5 heteroatoms. The molecule has 2 saturated heterocycles. The van der Waals surface area contributed by atoms with E-state index in [2.05, 4.69) is 35.4 Å². The number of carbonyl (C=O) groups is 1. The topological polar surface area (TPSA) is 44.4 Å². The molecule has 2 unspecified atom stereocenters. The highest BCUT2D eigenvalue weighted by molar-refractivity contribution is 5.93. The lowest BCUT2D eigenvalue weighted by Crippen LogP contribution is -2.43. The van der Waals surface area contributed by atoms with Crippen LogP contribution in [-0.4, -0.2) is 43.5 Å². The monoisotopic (exact) mass is 323 g/mol. The lowest BCUT2D eigenvalue weighted by atomic mass is 9.89. The number of hydrogen-bond donors (Lipinski definition) is 2. The van der Waals surface area contributed by atoms with Crippen molar-refractivity contribution in [3.8, 4) is 0 Å². The second-order valence-corrected chi connectivity index (χ2v) is 6.50. The average molecular weight is 324 g/mol. The number of nitrogens with one attached hydrogen (secondary N) is 2. The first-order chi connectivity index (χ1) is 10.1. The fraction of sp³-hybridized carbons (Fsp3) is 0.588. The van der Waals surface area contributed by atoms with Crippen LogP contribution in [0.5, 0.6) is 0 Å². The largest absolute Gasteiger partial charge is 0.325 e. The van der Waals surface area contributed by atoms with Gasteiger partial charge in [-0.05, 0) is 68.9 Å². The quantitative estimate of drug-likeness (QED) is 0.896. The Kier molecular flexibility index (Phi) is 5.84. The van der Waals surface area contributed by atoms with Crippen LogP contribution in [0.2, 0.25) is 0 Å². The van der Waals surface area contributed by atoms with Gasteiger partial charge >= 0.3 is 0 Å². The van der Waals surface area contributed by atoms with Crippen molar-refractivity contribution in [1.29, 1.82) is 0 Å². The molecule has 22 heavy (non-hydrogen) atoms. The molecule has 2 fully saturated rings. The molecule has 0 aliphatic carbocycles. The summed E-state index contributed by atoms with van der Waals surface area (Å²) in [7, 11) is 0. The molecular weight excluding hydrogens is 298 g/mol. The molecule has 2 aliphatic heterocycles. The predicted octanol–water partition coefficient (Wildman–Crippen LogP) is 2.21. The van der Waals surface area contributed by atoms with Gasteiger partial charge in [-0.3, -0.25) is 9.69 Å². The Bertz CT molecular complexity index is 535. The Balaban J connectivity index is 0.00000176. The van der Waals surface area contributed by atoms with E-state index < -0.39 is 0 Å². The molecule has 122 valence electrons. The van der Waals surface area contributed by atoms with Gasteiger partial charge in [-0.1, -0.05) is 12.1 Å². The third-order valence-electron chi connectivity index (χ3n) is 5.03. The fourth-order valence-electron chi connectivity index (χ4n) is 3.53. The number of likely N-dealkylation sites (tertiary alicyclic amines) is 1. The second kappa shape index (κ2) is 7.44. The number of aryl methyl sites for hydroxylation is 1. The van der Waals surface area contributed by atoms with Gasteiger partial charge in [0.05, 0.1) is 6.54 Å². The van der Waals surface area contributed by atoms with Crippen molar-refractivity contribution < 1.29 is 4.79 Å². The smallest absolute Gasteiger partial charge is 0.238 e. The van der Waals surface area contributed by atoms with E-state index in [9.17, 15) is 4.79 Å². The number of halogens is 1. The number of anilines is 1. The molecule has 1 amide bonds. The summed E-state index contributed by atoms with van der Waals surface area (Å²) in [6.07, 6.45) is 1.22. The molecular formula is C17H26ClN3O. The Morgan fingerprint density at radius 2 is 2.09 bits per heavy atom. The van der Waals surface area contributed by atoms with Gasteiger partial charge in [0.15, 0.2) is 0 Å². The highest BCUT2D eigenvalue weighted by Crippen LogP contribution is 2.26. The Hall–Kier alpha value is -1.10. The summed E-state index contributed by atoms with van der Waals surface area (Å²) in [6, 6.07) is 6.05. The van der Waals surface area contributed by atoms with E-state index in [1.807, 2.05) is 12.1 Å². The van der Waals surface area contributed by atoms with E-state index in [1.54, 1.807) is 0 Å². The minimum Gasteiger partial charge on any atom is -0.325 e. The standard InChI is InChI=1S/C17H25N3O.ClH/c1-12-4-3-5-16(13(12)2)19-17(21)11-20-7-6-14-8-18-9-15(14)10-20;/h3-5,14-15,18H,6-11H2,1-2H3,(H,19,21);1H. The maximum Gasteiger partial charge on any atom is 0.238 e. The third kappa shape index (κ3) is 3.80. The van der Waals surface area contributed by atoms with E-state index in [1.165, 1.54) is 12.0 Å². The molecule has 2 atom stereocenters. The van der Waals surface area contributed by atoms with Crippen molar-refractivity contribution in [2.24, 2.45) is 11.8 Å². The summed E-state index contributed by atoms with van der Waals surface area (Å²) in [5.74, 6) is 1.66. The molecule has 0 bridgehead atoms. The minimum atomic E-state index is 0. The number of nitrogens with zero attached hydrogens (tertiary/aromatic N) is 1. The summed E-state index contributed by atoms with van der Waals surface area (Å²) in [4.78, 5) is 14.6. The van der Waals surface area contributed by atoms with Gasteiger partial charge in [0, 0.05) is 12.2 Å². The maximum atomic E-state index is 12.3. The van der Waals surface area contributed by atoms with E-state index >= 15 is 0 Å². The third-order valence-corrected chi connectivity index (χ3v) is 5.03. The molecule has 2 heterocycles. The first-order valence-corrected chi connectivity index (χ1v) is 7.92. The zero-order valence-electron chi connectivity index (χ0n) is 13.4. The zero-order chi connectivity index (χ0) is 14.8. The number of amides is 1. The van der Waals surface area contributed by atoms with Crippen LogP contribution in [0.1, 0.15) is 17.5 Å². The minimum absolute atomic E-state index is 0. The van der Waals surface area contributed by atoms with Crippen molar-refractivity contribution in [3.05, 3.63) is 29.3 Å². The van der Waals surface area contributed by atoms with E-state index in [-0.39, 0.29) is 18.3 Å². The van der Waals surface area contributed by atoms with E-state index in [4.69, 9.17) is 0 Å². The van der Waals surface area contributed by atoms with Crippen LogP contribution in [-0.2, 0) is 4.79 Å². The number of piperidine rings is 1. The van der Waals surface area contributed by atoms with E-state index in [0.29, 0.717) is 6.54 Å². The average Bonchev–Trinajstić information content (AvgIpc) is 2.91. The van der Waals surface area contributed by atoms with Crippen LogP contribution in [0.15, 0.2) is 18.2 Å². The predicted molar refractivity (Wildman–Crippen MR) is 92.7 cm³/mol. The van der Waals surface area contributed by atoms with Crippen LogP contribution < -0.4 is 10.6 Å². The van der Waals surface area contributed by atoms with Gasteiger partial charge < -0.3 is 10.6 Å². The highest BCUT2D eigenvalue weighted by Gasteiger charge is 2.33. The van der Waals surface area contributed by atoms with Gasteiger partial charge in [-0.2, -0.15) is 0 Å². The van der Waals surface area contributed by atoms with Gasteiger partial charge in [-0.25, -0.2) is 0 Å². The van der Waals surface area contributed by atoms with Gasteiger partial charge in [0.2, 0.25) is 5.91 Å². The number of rotatable bonds is 3. The summed E-state index contributed by atoms with van der Waals surface area (Å²) < 4.78 is 0.